The fraction of sp³-hybridized carbons (Fsp3) is 0.412. The van der Waals surface area contributed by atoms with Gasteiger partial charge in [-0.1, -0.05) is 20.8 Å². The Balaban J connectivity index is 2.62. The molecule has 0 saturated carbocycles. The lowest BCUT2D eigenvalue weighted by Crippen LogP contribution is -2.23. The Morgan fingerprint density at radius 3 is 2.65 bits per heavy atom. The zero-order valence-corrected chi connectivity index (χ0v) is 15.3. The van der Waals surface area contributed by atoms with E-state index in [0.29, 0.717) is 30.8 Å². The maximum Gasteiger partial charge on any atom is 0.207 e. The first-order chi connectivity index (χ1) is 10.8. The van der Waals surface area contributed by atoms with Gasteiger partial charge in [-0.25, -0.2) is 0 Å². The van der Waals surface area contributed by atoms with Gasteiger partial charge in [0, 0.05) is 22.9 Å². The summed E-state index contributed by atoms with van der Waals surface area (Å²) >= 11 is 3.46. The number of ketones is 1. The highest BCUT2D eigenvalue weighted by Gasteiger charge is 2.28. The first-order valence-electron chi connectivity index (χ1n) is 7.39. The second-order valence-corrected chi connectivity index (χ2v) is 7.27. The van der Waals surface area contributed by atoms with E-state index < -0.39 is 5.41 Å². The van der Waals surface area contributed by atoms with Crippen LogP contribution < -0.4 is 10.1 Å². The second-order valence-electron chi connectivity index (χ2n) is 6.41. The lowest BCUT2D eigenvalue weighted by atomic mass is 9.87. The first kappa shape index (κ1) is 17.5. The van der Waals surface area contributed by atoms with Gasteiger partial charge in [-0.2, -0.15) is 0 Å². The summed E-state index contributed by atoms with van der Waals surface area (Å²) < 4.78 is 6.17. The number of carbonyl (C=O) groups is 2. The molecule has 1 aromatic heterocycles. The van der Waals surface area contributed by atoms with Gasteiger partial charge >= 0.3 is 0 Å². The van der Waals surface area contributed by atoms with Crippen LogP contribution in [0.1, 0.15) is 36.8 Å². The van der Waals surface area contributed by atoms with Gasteiger partial charge in [0.25, 0.3) is 0 Å². The topological polar surface area (TPSA) is 71.2 Å². The van der Waals surface area contributed by atoms with Crippen molar-refractivity contribution in [2.75, 3.05) is 13.7 Å². The maximum absolute atomic E-state index is 12.8. The smallest absolute Gasteiger partial charge is 0.207 e. The number of ether oxygens (including phenoxy) is 1. The molecule has 0 unspecified atom stereocenters. The largest absolute Gasteiger partial charge is 0.496 e. The van der Waals surface area contributed by atoms with Crippen LogP contribution in [0.25, 0.3) is 10.9 Å². The highest BCUT2D eigenvalue weighted by Crippen LogP contribution is 2.35. The standard InChI is InChI=1S/C17H21BrN2O3/c1-17(2,3)16(22)15-10(5-6-19-9-21)11-7-14(23-4)12(18)8-13(11)20-15/h7-9,20H,5-6H2,1-4H3,(H,19,21). The number of methoxy groups -OCH3 is 1. The Morgan fingerprint density at radius 1 is 1.39 bits per heavy atom. The van der Waals surface area contributed by atoms with E-state index in [1.54, 1.807) is 7.11 Å². The maximum atomic E-state index is 12.8. The molecule has 1 heterocycles. The summed E-state index contributed by atoms with van der Waals surface area (Å²) in [6, 6.07) is 3.82. The molecule has 124 valence electrons. The van der Waals surface area contributed by atoms with Crippen LogP contribution in [0, 0.1) is 5.41 Å². The monoisotopic (exact) mass is 380 g/mol. The van der Waals surface area contributed by atoms with Crippen molar-refractivity contribution in [3.05, 3.63) is 27.9 Å². The summed E-state index contributed by atoms with van der Waals surface area (Å²) in [5.41, 5.74) is 1.88. The Labute approximate surface area is 143 Å². The van der Waals surface area contributed by atoms with Crippen LogP contribution in [0.3, 0.4) is 0 Å². The summed E-state index contributed by atoms with van der Waals surface area (Å²) in [4.78, 5) is 26.5. The molecule has 0 aliphatic rings. The molecular weight excluding hydrogens is 360 g/mol. The molecule has 1 aromatic carbocycles. The number of amides is 1. The summed E-state index contributed by atoms with van der Waals surface area (Å²) in [5.74, 6) is 0.751. The van der Waals surface area contributed by atoms with Gasteiger partial charge in [0.2, 0.25) is 6.41 Å². The van der Waals surface area contributed by atoms with E-state index in [0.717, 1.165) is 20.9 Å². The Hall–Kier alpha value is -1.82. The number of aromatic amines is 1. The quantitative estimate of drug-likeness (QED) is 0.457. The third kappa shape index (κ3) is 3.58. The molecule has 0 radical (unpaired) electrons. The summed E-state index contributed by atoms with van der Waals surface area (Å²) in [6.45, 7) is 6.15. The number of carbonyl (C=O) groups excluding carboxylic acids is 2. The van der Waals surface area contributed by atoms with Crippen LogP contribution in [0.2, 0.25) is 0 Å². The van der Waals surface area contributed by atoms with Gasteiger partial charge in [0.05, 0.1) is 17.3 Å². The molecule has 23 heavy (non-hydrogen) atoms. The van der Waals surface area contributed by atoms with Crippen molar-refractivity contribution in [3.8, 4) is 5.75 Å². The highest BCUT2D eigenvalue weighted by molar-refractivity contribution is 9.10. The number of H-pyrrole nitrogens is 1. The van der Waals surface area contributed by atoms with Crippen molar-refractivity contribution >= 4 is 39.0 Å². The van der Waals surface area contributed by atoms with Crippen molar-refractivity contribution in [2.45, 2.75) is 27.2 Å². The van der Waals surface area contributed by atoms with E-state index in [1.165, 1.54) is 0 Å². The molecule has 0 spiro atoms. The fourth-order valence-corrected chi connectivity index (χ4v) is 3.00. The van der Waals surface area contributed by atoms with E-state index in [1.807, 2.05) is 32.9 Å². The predicted octanol–water partition coefficient (Wildman–Crippen LogP) is 3.46. The Kier molecular flexibility index (Phi) is 5.14. The van der Waals surface area contributed by atoms with Gasteiger partial charge in [-0.15, -0.1) is 0 Å². The van der Waals surface area contributed by atoms with Crippen LogP contribution >= 0.6 is 15.9 Å². The first-order valence-corrected chi connectivity index (χ1v) is 8.18. The van der Waals surface area contributed by atoms with E-state index in [9.17, 15) is 9.59 Å². The van der Waals surface area contributed by atoms with Gasteiger partial charge in [0.1, 0.15) is 5.75 Å². The minimum absolute atomic E-state index is 0.0462. The average molecular weight is 381 g/mol. The SMILES string of the molecule is COc1cc2c(CCNC=O)c(C(=O)C(C)(C)C)[nH]c2cc1Br. The normalized spacial score (nSPS) is 11.5. The molecule has 2 rings (SSSR count). The van der Waals surface area contributed by atoms with Crippen LogP contribution in [-0.2, 0) is 11.2 Å². The zero-order chi connectivity index (χ0) is 17.2. The molecule has 0 aliphatic heterocycles. The van der Waals surface area contributed by atoms with E-state index in [-0.39, 0.29) is 5.78 Å². The van der Waals surface area contributed by atoms with Gasteiger partial charge in [-0.3, -0.25) is 9.59 Å². The average Bonchev–Trinajstić information content (AvgIpc) is 2.82. The molecule has 2 N–H and O–H groups in total. The second kappa shape index (κ2) is 6.74. The molecule has 0 fully saturated rings. The van der Waals surface area contributed by atoms with Gasteiger partial charge in [0.15, 0.2) is 5.78 Å². The van der Waals surface area contributed by atoms with Gasteiger partial charge in [-0.05, 0) is 40.0 Å². The van der Waals surface area contributed by atoms with E-state index >= 15 is 0 Å². The third-order valence-corrected chi connectivity index (χ3v) is 4.31. The van der Waals surface area contributed by atoms with Crippen LogP contribution in [0.4, 0.5) is 0 Å². The van der Waals surface area contributed by atoms with E-state index in [4.69, 9.17) is 4.74 Å². The molecule has 6 heteroatoms. The number of halogens is 1. The minimum atomic E-state index is -0.491. The number of Topliss-reactive ketones (excluding diaryl/α,β-unsaturated/α-hetero) is 1. The third-order valence-electron chi connectivity index (χ3n) is 3.69. The molecule has 0 atom stereocenters. The van der Waals surface area contributed by atoms with Crippen LogP contribution in [-0.4, -0.2) is 30.8 Å². The number of fused-ring (bicyclic) bond motifs is 1. The molecule has 5 nitrogen and oxygen atoms in total. The van der Waals surface area contributed by atoms with Crippen molar-refractivity contribution in [1.29, 1.82) is 0 Å². The Morgan fingerprint density at radius 2 is 2.09 bits per heavy atom. The molecule has 0 aliphatic carbocycles. The Bertz CT molecular complexity index is 744. The lowest BCUT2D eigenvalue weighted by molar-refractivity contribution is -0.109. The van der Waals surface area contributed by atoms with Crippen LogP contribution in [0.5, 0.6) is 5.75 Å². The number of hydrogen-bond donors (Lipinski definition) is 2. The highest BCUT2D eigenvalue weighted by atomic mass is 79.9. The van der Waals surface area contributed by atoms with Crippen molar-refractivity contribution in [2.24, 2.45) is 5.41 Å². The van der Waals surface area contributed by atoms with Gasteiger partial charge < -0.3 is 15.0 Å². The van der Waals surface area contributed by atoms with Crippen LogP contribution in [0.15, 0.2) is 16.6 Å². The predicted molar refractivity (Wildman–Crippen MR) is 94.1 cm³/mol. The number of benzene rings is 1. The zero-order valence-electron chi connectivity index (χ0n) is 13.7. The fourth-order valence-electron chi connectivity index (χ4n) is 2.49. The number of aromatic nitrogens is 1. The number of nitrogens with one attached hydrogen (secondary N) is 2. The summed E-state index contributed by atoms with van der Waals surface area (Å²) in [6.07, 6.45) is 1.23. The van der Waals surface area contributed by atoms with Crippen molar-refractivity contribution in [1.82, 2.24) is 10.3 Å². The van der Waals surface area contributed by atoms with E-state index in [2.05, 4.69) is 26.2 Å². The minimum Gasteiger partial charge on any atom is -0.496 e. The molecule has 0 saturated heterocycles. The van der Waals surface area contributed by atoms with Crippen molar-refractivity contribution < 1.29 is 14.3 Å². The molecule has 0 bridgehead atoms. The summed E-state index contributed by atoms with van der Waals surface area (Å²) in [5, 5.41) is 3.59. The number of hydrogen-bond acceptors (Lipinski definition) is 3. The van der Waals surface area contributed by atoms with Crippen molar-refractivity contribution in [3.63, 3.8) is 0 Å². The molecule has 2 aromatic rings. The molecule has 1 amide bonds. The molecular formula is C17H21BrN2O3. The summed E-state index contributed by atoms with van der Waals surface area (Å²) in [7, 11) is 1.60. The lowest BCUT2D eigenvalue weighted by Gasteiger charge is -2.16. The number of rotatable bonds is 6.